The lowest BCUT2D eigenvalue weighted by atomic mass is 10.0. The van der Waals surface area contributed by atoms with Crippen LogP contribution in [0.1, 0.15) is 43.0 Å². The molecule has 1 aromatic heterocycles. The van der Waals surface area contributed by atoms with Crippen LogP contribution >= 0.6 is 0 Å². The van der Waals surface area contributed by atoms with Crippen molar-refractivity contribution in [1.29, 1.82) is 0 Å². The summed E-state index contributed by atoms with van der Waals surface area (Å²) in [4.78, 5) is 32.0. The summed E-state index contributed by atoms with van der Waals surface area (Å²) in [5.74, 6) is 0.643. The first-order valence-corrected chi connectivity index (χ1v) is 10.3. The normalized spacial score (nSPS) is 17.8. The number of hydrogen-bond donors (Lipinski definition) is 1. The fourth-order valence-electron chi connectivity index (χ4n) is 4.00. The predicted molar refractivity (Wildman–Crippen MR) is 113 cm³/mol. The molecular formula is C22H32N4O2. The third-order valence-corrected chi connectivity index (χ3v) is 5.74. The van der Waals surface area contributed by atoms with Crippen molar-refractivity contribution < 1.29 is 4.79 Å². The van der Waals surface area contributed by atoms with Crippen LogP contribution in [0.3, 0.4) is 0 Å². The molecule has 3 rings (SSSR count). The minimum atomic E-state index is -0.201. The summed E-state index contributed by atoms with van der Waals surface area (Å²) in [5, 5.41) is 2.97. The second kappa shape index (κ2) is 8.86. The third-order valence-electron chi connectivity index (χ3n) is 5.74. The molecule has 1 aliphatic rings. The van der Waals surface area contributed by atoms with E-state index in [2.05, 4.69) is 22.1 Å². The van der Waals surface area contributed by atoms with Crippen LogP contribution in [0.25, 0.3) is 11.0 Å². The van der Waals surface area contributed by atoms with E-state index in [1.54, 1.807) is 11.5 Å². The SMILES string of the molecule is Cc1cc2nc(C)c(=O)n(CC(=O)NCCCN3CCC[C@H](C)C3)c2cc1C. The molecule has 2 heterocycles. The Labute approximate surface area is 166 Å². The summed E-state index contributed by atoms with van der Waals surface area (Å²) in [6, 6.07) is 3.93. The molecule has 0 aliphatic carbocycles. The molecule has 2 aromatic rings. The molecule has 6 heteroatoms. The molecule has 0 saturated carbocycles. The van der Waals surface area contributed by atoms with Gasteiger partial charge < -0.3 is 10.2 Å². The Morgan fingerprint density at radius 2 is 2.00 bits per heavy atom. The number of nitrogens with zero attached hydrogens (tertiary/aromatic N) is 3. The molecule has 1 atom stereocenters. The van der Waals surface area contributed by atoms with Gasteiger partial charge in [0, 0.05) is 13.1 Å². The van der Waals surface area contributed by atoms with Crippen LogP contribution < -0.4 is 10.9 Å². The number of rotatable bonds is 6. The maximum Gasteiger partial charge on any atom is 0.272 e. The van der Waals surface area contributed by atoms with E-state index in [9.17, 15) is 9.59 Å². The predicted octanol–water partition coefficient (Wildman–Crippen LogP) is 2.56. The van der Waals surface area contributed by atoms with Gasteiger partial charge >= 0.3 is 0 Å². The molecule has 1 fully saturated rings. The van der Waals surface area contributed by atoms with Crippen LogP contribution in [-0.4, -0.2) is 46.5 Å². The second-order valence-corrected chi connectivity index (χ2v) is 8.27. The van der Waals surface area contributed by atoms with E-state index >= 15 is 0 Å². The molecule has 28 heavy (non-hydrogen) atoms. The molecule has 0 radical (unpaired) electrons. The number of nitrogens with one attached hydrogen (secondary N) is 1. The summed E-state index contributed by atoms with van der Waals surface area (Å²) < 4.78 is 1.55. The molecule has 0 spiro atoms. The average Bonchev–Trinajstić information content (AvgIpc) is 2.65. The number of benzene rings is 1. The van der Waals surface area contributed by atoms with Gasteiger partial charge in [-0.25, -0.2) is 4.98 Å². The highest BCUT2D eigenvalue weighted by atomic mass is 16.2. The van der Waals surface area contributed by atoms with Crippen molar-refractivity contribution in [2.75, 3.05) is 26.2 Å². The van der Waals surface area contributed by atoms with E-state index in [1.807, 2.05) is 26.0 Å². The maximum absolute atomic E-state index is 12.6. The molecule has 1 aliphatic heterocycles. The van der Waals surface area contributed by atoms with E-state index in [1.165, 1.54) is 12.8 Å². The van der Waals surface area contributed by atoms with Gasteiger partial charge in [0.05, 0.1) is 11.0 Å². The number of hydrogen-bond acceptors (Lipinski definition) is 4. The molecule has 1 aromatic carbocycles. The van der Waals surface area contributed by atoms with E-state index in [-0.39, 0.29) is 18.0 Å². The average molecular weight is 385 g/mol. The smallest absolute Gasteiger partial charge is 0.272 e. The standard InChI is InChI=1S/C22H32N4O2/c1-15-7-5-9-25(13-15)10-6-8-23-21(27)14-26-20-12-17(3)16(2)11-19(20)24-18(4)22(26)28/h11-12,15H,5-10,13-14H2,1-4H3,(H,23,27)/t15-/m0/s1. The van der Waals surface area contributed by atoms with Crippen LogP contribution in [-0.2, 0) is 11.3 Å². The van der Waals surface area contributed by atoms with Crippen LogP contribution in [0, 0.1) is 26.7 Å². The number of amides is 1. The number of carbonyl (C=O) groups is 1. The molecular weight excluding hydrogens is 352 g/mol. The van der Waals surface area contributed by atoms with Gasteiger partial charge in [-0.3, -0.25) is 14.2 Å². The fourth-order valence-corrected chi connectivity index (χ4v) is 4.00. The van der Waals surface area contributed by atoms with E-state index in [4.69, 9.17) is 0 Å². The van der Waals surface area contributed by atoms with Crippen molar-refractivity contribution in [3.63, 3.8) is 0 Å². The van der Waals surface area contributed by atoms with Gasteiger partial charge in [-0.1, -0.05) is 6.92 Å². The fraction of sp³-hybridized carbons (Fsp3) is 0.591. The molecule has 1 saturated heterocycles. The van der Waals surface area contributed by atoms with Gasteiger partial charge in [0.2, 0.25) is 5.91 Å². The number of likely N-dealkylation sites (tertiary alicyclic amines) is 1. The summed E-state index contributed by atoms with van der Waals surface area (Å²) >= 11 is 0. The number of aromatic nitrogens is 2. The van der Waals surface area contributed by atoms with Crippen LogP contribution in [0.15, 0.2) is 16.9 Å². The summed E-state index contributed by atoms with van der Waals surface area (Å²) in [6.45, 7) is 12.0. The van der Waals surface area contributed by atoms with Crippen LogP contribution in [0.4, 0.5) is 0 Å². The first kappa shape index (κ1) is 20.5. The Morgan fingerprint density at radius 1 is 1.25 bits per heavy atom. The van der Waals surface area contributed by atoms with E-state index in [0.717, 1.165) is 54.1 Å². The molecule has 152 valence electrons. The Morgan fingerprint density at radius 3 is 2.75 bits per heavy atom. The molecule has 0 bridgehead atoms. The summed E-state index contributed by atoms with van der Waals surface area (Å²) in [6.07, 6.45) is 3.52. The highest BCUT2D eigenvalue weighted by molar-refractivity contribution is 5.81. The van der Waals surface area contributed by atoms with Crippen molar-refractivity contribution in [2.45, 2.75) is 53.5 Å². The minimum absolute atomic E-state index is 0.0297. The Kier molecular flexibility index (Phi) is 6.50. The molecule has 1 amide bonds. The van der Waals surface area contributed by atoms with Gasteiger partial charge in [-0.15, -0.1) is 0 Å². The second-order valence-electron chi connectivity index (χ2n) is 8.27. The Balaban J connectivity index is 1.62. The van der Waals surface area contributed by atoms with Crippen molar-refractivity contribution in [1.82, 2.24) is 19.8 Å². The minimum Gasteiger partial charge on any atom is -0.355 e. The number of carbonyl (C=O) groups excluding carboxylic acids is 1. The van der Waals surface area contributed by atoms with Crippen LogP contribution in [0.2, 0.25) is 0 Å². The zero-order chi connectivity index (χ0) is 20.3. The van der Waals surface area contributed by atoms with E-state index < -0.39 is 0 Å². The maximum atomic E-state index is 12.6. The number of aryl methyl sites for hydroxylation is 3. The monoisotopic (exact) mass is 384 g/mol. The molecule has 1 N–H and O–H groups in total. The van der Waals surface area contributed by atoms with Gasteiger partial charge in [-0.2, -0.15) is 0 Å². The molecule has 6 nitrogen and oxygen atoms in total. The van der Waals surface area contributed by atoms with Crippen molar-refractivity contribution in [3.05, 3.63) is 39.3 Å². The first-order valence-electron chi connectivity index (χ1n) is 10.3. The Bertz CT molecular complexity index is 919. The summed E-state index contributed by atoms with van der Waals surface area (Å²) in [5.41, 5.74) is 3.91. The quantitative estimate of drug-likeness (QED) is 0.778. The highest BCUT2D eigenvalue weighted by Crippen LogP contribution is 2.17. The topological polar surface area (TPSA) is 67.2 Å². The Hall–Kier alpha value is -2.21. The number of piperidine rings is 1. The lowest BCUT2D eigenvalue weighted by molar-refractivity contribution is -0.121. The van der Waals surface area contributed by atoms with Crippen molar-refractivity contribution >= 4 is 16.9 Å². The lowest BCUT2D eigenvalue weighted by Gasteiger charge is -2.30. The van der Waals surface area contributed by atoms with Gasteiger partial charge in [0.25, 0.3) is 5.56 Å². The lowest BCUT2D eigenvalue weighted by Crippen LogP contribution is -2.37. The van der Waals surface area contributed by atoms with Crippen LogP contribution in [0.5, 0.6) is 0 Å². The zero-order valence-electron chi connectivity index (χ0n) is 17.5. The number of fused-ring (bicyclic) bond motifs is 1. The first-order chi connectivity index (χ1) is 13.3. The summed E-state index contributed by atoms with van der Waals surface area (Å²) in [7, 11) is 0. The zero-order valence-corrected chi connectivity index (χ0v) is 17.5. The van der Waals surface area contributed by atoms with Gasteiger partial charge in [0.15, 0.2) is 0 Å². The van der Waals surface area contributed by atoms with E-state index in [0.29, 0.717) is 12.2 Å². The van der Waals surface area contributed by atoms with Gasteiger partial charge in [-0.05, 0) is 82.3 Å². The highest BCUT2D eigenvalue weighted by Gasteiger charge is 2.16. The largest absolute Gasteiger partial charge is 0.355 e. The van der Waals surface area contributed by atoms with Crippen molar-refractivity contribution in [2.24, 2.45) is 5.92 Å². The van der Waals surface area contributed by atoms with Gasteiger partial charge in [0.1, 0.15) is 12.2 Å². The van der Waals surface area contributed by atoms with Crippen molar-refractivity contribution in [3.8, 4) is 0 Å². The molecule has 0 unspecified atom stereocenters. The third kappa shape index (κ3) is 4.79.